The van der Waals surface area contributed by atoms with Crippen LogP contribution in [0.2, 0.25) is 0 Å². The standard InChI is InChI=1S/C29H25NO6/c1-18-6-3-4-7-21(18)17-35-22-12-10-20(11-13-22)27(31)25-26(24-14-9-19(2)36-24)30(29(33)28(25)32)16-23-8-5-15-34-23/h3-15,26,31H,16-17H2,1-2H3/b27-25+/t26-/m0/s1. The van der Waals surface area contributed by atoms with Gasteiger partial charge in [0.2, 0.25) is 0 Å². The number of furan rings is 2. The third-order valence-corrected chi connectivity index (χ3v) is 6.26. The lowest BCUT2D eigenvalue weighted by atomic mass is 9.99. The molecule has 4 aromatic rings. The van der Waals surface area contributed by atoms with Crippen molar-refractivity contribution in [1.82, 2.24) is 4.90 Å². The highest BCUT2D eigenvalue weighted by molar-refractivity contribution is 6.46. The van der Waals surface area contributed by atoms with Crippen LogP contribution in [0.5, 0.6) is 5.75 Å². The van der Waals surface area contributed by atoms with Crippen LogP contribution in [0.4, 0.5) is 0 Å². The van der Waals surface area contributed by atoms with Crippen molar-refractivity contribution >= 4 is 17.4 Å². The first-order valence-corrected chi connectivity index (χ1v) is 11.6. The number of Topliss-reactive ketones (excluding diaryl/α,β-unsaturated/α-hetero) is 1. The number of carbonyl (C=O) groups excluding carboxylic acids is 2. The van der Waals surface area contributed by atoms with Gasteiger partial charge in [-0.05, 0) is 73.5 Å². The third kappa shape index (κ3) is 4.43. The van der Waals surface area contributed by atoms with Crippen LogP contribution in [0.15, 0.2) is 93.5 Å². The minimum atomic E-state index is -0.888. The largest absolute Gasteiger partial charge is 0.507 e. The average molecular weight is 484 g/mol. The van der Waals surface area contributed by atoms with Crippen molar-refractivity contribution in [2.24, 2.45) is 0 Å². The van der Waals surface area contributed by atoms with E-state index in [9.17, 15) is 14.7 Å². The van der Waals surface area contributed by atoms with Crippen molar-refractivity contribution in [1.29, 1.82) is 0 Å². The van der Waals surface area contributed by atoms with Crippen LogP contribution < -0.4 is 4.74 Å². The molecule has 0 saturated carbocycles. The number of ether oxygens (including phenoxy) is 1. The number of hydrogen-bond donors (Lipinski definition) is 1. The Labute approximate surface area is 208 Å². The first-order valence-electron chi connectivity index (χ1n) is 11.6. The van der Waals surface area contributed by atoms with Gasteiger partial charge in [0, 0.05) is 5.56 Å². The average Bonchev–Trinajstić information content (AvgIpc) is 3.61. The Bertz CT molecular complexity index is 1430. The van der Waals surface area contributed by atoms with Gasteiger partial charge < -0.3 is 23.6 Å². The molecule has 0 bridgehead atoms. The molecule has 0 radical (unpaired) electrons. The lowest BCUT2D eigenvalue weighted by Gasteiger charge is -2.22. The predicted molar refractivity (Wildman–Crippen MR) is 132 cm³/mol. The highest BCUT2D eigenvalue weighted by atomic mass is 16.5. The Hall–Kier alpha value is -4.52. The Morgan fingerprint density at radius 2 is 1.75 bits per heavy atom. The van der Waals surface area contributed by atoms with E-state index in [1.54, 1.807) is 55.5 Å². The molecule has 1 aliphatic rings. The lowest BCUT2D eigenvalue weighted by molar-refractivity contribution is -0.140. The first kappa shape index (κ1) is 23.2. The van der Waals surface area contributed by atoms with Crippen molar-refractivity contribution in [2.45, 2.75) is 33.0 Å². The molecule has 5 rings (SSSR count). The molecule has 2 aromatic carbocycles. The van der Waals surface area contributed by atoms with Gasteiger partial charge in [0.1, 0.15) is 41.4 Å². The van der Waals surface area contributed by atoms with E-state index < -0.39 is 17.7 Å². The van der Waals surface area contributed by atoms with Crippen LogP contribution >= 0.6 is 0 Å². The van der Waals surface area contributed by atoms with E-state index in [0.717, 1.165) is 11.1 Å². The summed E-state index contributed by atoms with van der Waals surface area (Å²) in [6.07, 6.45) is 1.50. The zero-order valence-electron chi connectivity index (χ0n) is 19.9. The molecule has 0 aliphatic carbocycles. The fourth-order valence-corrected chi connectivity index (χ4v) is 4.31. The summed E-state index contributed by atoms with van der Waals surface area (Å²) in [7, 11) is 0. The molecule has 1 amide bonds. The van der Waals surface area contributed by atoms with Crippen molar-refractivity contribution < 1.29 is 28.3 Å². The number of ketones is 1. The smallest absolute Gasteiger partial charge is 0.296 e. The number of carbonyl (C=O) groups is 2. The van der Waals surface area contributed by atoms with E-state index in [1.165, 1.54) is 11.2 Å². The van der Waals surface area contributed by atoms with Gasteiger partial charge in [0.15, 0.2) is 0 Å². The number of amides is 1. The summed E-state index contributed by atoms with van der Waals surface area (Å²) in [4.78, 5) is 27.5. The lowest BCUT2D eigenvalue weighted by Crippen LogP contribution is -2.28. The van der Waals surface area contributed by atoms with Crippen LogP contribution in [0, 0.1) is 13.8 Å². The van der Waals surface area contributed by atoms with E-state index in [-0.39, 0.29) is 17.9 Å². The van der Waals surface area contributed by atoms with Gasteiger partial charge in [0.25, 0.3) is 11.7 Å². The highest BCUT2D eigenvalue weighted by Crippen LogP contribution is 2.41. The summed E-state index contributed by atoms with van der Waals surface area (Å²) in [5.41, 5.74) is 2.58. The van der Waals surface area contributed by atoms with Gasteiger partial charge in [-0.15, -0.1) is 0 Å². The maximum absolute atomic E-state index is 13.1. The second-order valence-electron chi connectivity index (χ2n) is 8.69. The summed E-state index contributed by atoms with van der Waals surface area (Å²) >= 11 is 0. The minimum Gasteiger partial charge on any atom is -0.507 e. The summed E-state index contributed by atoms with van der Waals surface area (Å²) in [5.74, 6) is 0.358. The monoisotopic (exact) mass is 483 g/mol. The Morgan fingerprint density at radius 3 is 2.42 bits per heavy atom. The number of aryl methyl sites for hydroxylation is 2. The Kier molecular flexibility index (Phi) is 6.21. The molecule has 1 aliphatic heterocycles. The van der Waals surface area contributed by atoms with Gasteiger partial charge in [-0.2, -0.15) is 0 Å². The summed E-state index contributed by atoms with van der Waals surface area (Å²) in [6, 6.07) is 20.7. The van der Waals surface area contributed by atoms with Gasteiger partial charge >= 0.3 is 0 Å². The molecule has 0 spiro atoms. The highest BCUT2D eigenvalue weighted by Gasteiger charge is 2.47. The molecule has 182 valence electrons. The van der Waals surface area contributed by atoms with E-state index in [4.69, 9.17) is 13.6 Å². The van der Waals surface area contributed by atoms with Crippen LogP contribution in [-0.4, -0.2) is 21.7 Å². The molecule has 1 N–H and O–H groups in total. The van der Waals surface area contributed by atoms with Crippen molar-refractivity contribution in [3.05, 3.63) is 119 Å². The summed E-state index contributed by atoms with van der Waals surface area (Å²) < 4.78 is 17.1. The Morgan fingerprint density at radius 1 is 0.972 bits per heavy atom. The predicted octanol–water partition coefficient (Wildman–Crippen LogP) is 5.69. The van der Waals surface area contributed by atoms with Gasteiger partial charge in [-0.25, -0.2) is 0 Å². The molecule has 0 unspecified atom stereocenters. The second-order valence-corrected chi connectivity index (χ2v) is 8.69. The van der Waals surface area contributed by atoms with Crippen molar-refractivity contribution in [3.8, 4) is 5.75 Å². The molecule has 3 heterocycles. The number of aliphatic hydroxyl groups excluding tert-OH is 1. The number of benzene rings is 2. The summed E-state index contributed by atoms with van der Waals surface area (Å²) in [5, 5.41) is 11.2. The van der Waals surface area contributed by atoms with Crippen molar-refractivity contribution in [3.63, 3.8) is 0 Å². The zero-order valence-corrected chi connectivity index (χ0v) is 19.9. The first-order chi connectivity index (χ1) is 17.4. The van der Waals surface area contributed by atoms with E-state index in [0.29, 0.717) is 35.2 Å². The molecule has 1 atom stereocenters. The van der Waals surface area contributed by atoms with Crippen LogP contribution in [-0.2, 0) is 22.7 Å². The Balaban J connectivity index is 1.45. The maximum atomic E-state index is 13.1. The van der Waals surface area contributed by atoms with Gasteiger partial charge in [0.05, 0.1) is 18.4 Å². The zero-order chi connectivity index (χ0) is 25.2. The van der Waals surface area contributed by atoms with E-state index >= 15 is 0 Å². The molecule has 36 heavy (non-hydrogen) atoms. The number of aliphatic hydroxyl groups is 1. The van der Waals surface area contributed by atoms with Crippen LogP contribution in [0.1, 0.15) is 40.0 Å². The second kappa shape index (κ2) is 9.62. The minimum absolute atomic E-state index is 0.0329. The molecule has 7 nitrogen and oxygen atoms in total. The SMILES string of the molecule is Cc1ccc([C@H]2/C(=C(\O)c3ccc(OCc4ccccc4C)cc3)C(=O)C(=O)N2Cc2ccco2)o1. The number of nitrogens with zero attached hydrogens (tertiary/aromatic N) is 1. The van der Waals surface area contributed by atoms with E-state index in [2.05, 4.69) is 0 Å². The molecule has 2 aromatic heterocycles. The normalized spacial score (nSPS) is 17.1. The van der Waals surface area contributed by atoms with Crippen LogP contribution in [0.3, 0.4) is 0 Å². The quantitative estimate of drug-likeness (QED) is 0.206. The number of hydrogen-bond acceptors (Lipinski definition) is 6. The number of rotatable bonds is 7. The van der Waals surface area contributed by atoms with E-state index in [1.807, 2.05) is 31.2 Å². The molecular weight excluding hydrogens is 458 g/mol. The maximum Gasteiger partial charge on any atom is 0.296 e. The fraction of sp³-hybridized carbons (Fsp3) is 0.172. The molecule has 1 saturated heterocycles. The molecule has 1 fully saturated rings. The topological polar surface area (TPSA) is 93.1 Å². The van der Waals surface area contributed by atoms with Crippen LogP contribution in [0.25, 0.3) is 5.76 Å². The third-order valence-electron chi connectivity index (χ3n) is 6.26. The van der Waals surface area contributed by atoms with Gasteiger partial charge in [-0.1, -0.05) is 24.3 Å². The molecular formula is C29H25NO6. The van der Waals surface area contributed by atoms with Gasteiger partial charge in [-0.3, -0.25) is 9.59 Å². The van der Waals surface area contributed by atoms with Crippen molar-refractivity contribution in [2.75, 3.05) is 0 Å². The number of likely N-dealkylation sites (tertiary alicyclic amines) is 1. The summed E-state index contributed by atoms with van der Waals surface area (Å²) in [6.45, 7) is 4.27. The fourth-order valence-electron chi connectivity index (χ4n) is 4.31. The molecule has 7 heteroatoms.